The van der Waals surface area contributed by atoms with Crippen LogP contribution in [0.2, 0.25) is 0 Å². The predicted octanol–water partition coefficient (Wildman–Crippen LogP) is 4.55. The predicted molar refractivity (Wildman–Crippen MR) is 333 cm³/mol. The number of rotatable bonds is 35. The fourth-order valence-electron chi connectivity index (χ4n) is 11.0. The molecule has 0 amide bonds. The Bertz CT molecular complexity index is 3720. The Morgan fingerprint density at radius 3 is 1.78 bits per heavy atom. The molecule has 10 heterocycles. The lowest BCUT2D eigenvalue weighted by Crippen LogP contribution is -2.52. The minimum Gasteiger partial charge on any atom is -0.465 e. The van der Waals surface area contributed by atoms with Gasteiger partial charge in [-0.1, -0.05) is 58.8 Å². The van der Waals surface area contributed by atoms with Crippen LogP contribution in [0.15, 0.2) is 38.0 Å². The number of aromatic nitrogens is 12. The molecule has 0 radical (unpaired) electrons. The molecule has 36 nitrogen and oxygen atoms in total. The number of hydrogen-bond donors (Lipinski definition) is 8. The van der Waals surface area contributed by atoms with Gasteiger partial charge < -0.3 is 79.3 Å². The number of nitrogens with zero attached hydrogens (tertiary/aromatic N) is 12. The number of carbonyl (C=O) groups excluding carboxylic acids is 1. The number of aliphatic hydroxyl groups excluding tert-OH is 1. The van der Waals surface area contributed by atoms with Gasteiger partial charge in [-0.2, -0.15) is 0 Å². The number of hydrogen-bond acceptors (Lipinski definition) is 32. The number of ether oxygens (including phenoxy) is 6. The van der Waals surface area contributed by atoms with Crippen LogP contribution in [-0.2, 0) is 97.6 Å². The average molecular weight is 1430 g/mol. The summed E-state index contributed by atoms with van der Waals surface area (Å²) in [4.78, 5) is 96.5. The molecule has 10 rings (SSSR count). The summed E-state index contributed by atoms with van der Waals surface area (Å²) in [6.45, 7) is -12.3. The van der Waals surface area contributed by atoms with E-state index in [2.05, 4.69) is 51.8 Å². The highest BCUT2D eigenvalue weighted by Gasteiger charge is 2.63. The van der Waals surface area contributed by atoms with Gasteiger partial charge in [0, 0.05) is 25.7 Å². The van der Waals surface area contributed by atoms with Crippen molar-refractivity contribution < 1.29 is 98.7 Å². The first-order chi connectivity index (χ1) is 44.0. The van der Waals surface area contributed by atoms with Crippen molar-refractivity contribution in [1.29, 1.82) is 0 Å². The van der Waals surface area contributed by atoms with Crippen LogP contribution in [0.1, 0.15) is 103 Å². The van der Waals surface area contributed by atoms with Crippen LogP contribution in [0.25, 0.3) is 33.5 Å². The first-order valence-corrected chi connectivity index (χ1v) is 39.2. The van der Waals surface area contributed by atoms with Crippen LogP contribution >= 0.6 is 39.4 Å². The van der Waals surface area contributed by atoms with Gasteiger partial charge in [0.15, 0.2) is 53.1 Å². The van der Waals surface area contributed by atoms with E-state index in [9.17, 15) is 38.6 Å². The summed E-state index contributed by atoms with van der Waals surface area (Å²) < 4.78 is 109. The van der Waals surface area contributed by atoms with E-state index in [0.29, 0.717) is 24.2 Å². The van der Waals surface area contributed by atoms with E-state index < -0.39 is 127 Å². The number of carbonyl (C=O) groups is 1. The van der Waals surface area contributed by atoms with Crippen LogP contribution in [0.5, 0.6) is 0 Å². The number of aliphatic hydroxyl groups is 1. The molecule has 0 spiro atoms. The second kappa shape index (κ2) is 30.6. The molecule has 92 heavy (non-hydrogen) atoms. The first kappa shape index (κ1) is 70.7. The van der Waals surface area contributed by atoms with Crippen LogP contribution in [0.3, 0.4) is 0 Å². The molecule has 0 aromatic carbocycles. The van der Waals surface area contributed by atoms with E-state index in [0.717, 1.165) is 38.4 Å². The number of phosphoric ester groups is 1. The monoisotopic (exact) mass is 1430 g/mol. The maximum absolute atomic E-state index is 14.1. The zero-order chi connectivity index (χ0) is 65.6. The summed E-state index contributed by atoms with van der Waals surface area (Å²) in [5.74, 6) is -0.497. The maximum atomic E-state index is 14.1. The van der Waals surface area contributed by atoms with Gasteiger partial charge in [-0.25, -0.2) is 54.0 Å². The quantitative estimate of drug-likeness (QED) is 0.0154. The molecule has 0 aliphatic carbocycles. The Morgan fingerprint density at radius 1 is 0.663 bits per heavy atom. The molecule has 6 aromatic rings. The SMILES string of the molecule is CCCCCCCCCCC(=O)OCCSP(=O)(O)OC1[C@@H]2OCC[C@@]1(COP(O)(=S)O[C@H]1C(O)[C@@H](COP(O)(=S)O[C@H]3C(OC)[C@@H](COP(=O)(O)OCCC)O[C@H]3n3cnc4c(N)ncnc43)O[C@H]1n1cnc3c(N)ncnc31)O[C@H]2n1cnc2c(N)ncnc21. The van der Waals surface area contributed by atoms with Gasteiger partial charge in [0.1, 0.15) is 96.6 Å². The molecule has 7 unspecified atom stereocenters. The Balaban J connectivity index is 0.854. The lowest BCUT2D eigenvalue weighted by atomic mass is 9.90. The van der Waals surface area contributed by atoms with Crippen molar-refractivity contribution in [3.8, 4) is 0 Å². The zero-order valence-corrected chi connectivity index (χ0v) is 56.0. The number of imidazole rings is 3. The minimum absolute atomic E-state index is 0.0222. The van der Waals surface area contributed by atoms with Crippen molar-refractivity contribution >= 4 is 120 Å². The van der Waals surface area contributed by atoms with Crippen molar-refractivity contribution in [2.24, 2.45) is 0 Å². The summed E-state index contributed by atoms with van der Waals surface area (Å²) in [6, 6.07) is 0. The fourth-order valence-corrected chi connectivity index (χ4v) is 17.1. The van der Waals surface area contributed by atoms with E-state index in [1.807, 2.05) is 0 Å². The van der Waals surface area contributed by atoms with E-state index in [-0.39, 0.29) is 89.4 Å². The van der Waals surface area contributed by atoms with Crippen molar-refractivity contribution in [3.05, 3.63) is 38.0 Å². The third-order valence-corrected chi connectivity index (χ3v) is 22.5. The maximum Gasteiger partial charge on any atom is 0.472 e. The molecule has 6 aromatic heterocycles. The Morgan fingerprint density at radius 2 is 1.20 bits per heavy atom. The second-order valence-electron chi connectivity index (χ2n) is 21.7. The van der Waals surface area contributed by atoms with E-state index >= 15 is 0 Å². The highest BCUT2D eigenvalue weighted by Crippen LogP contribution is 2.62. The summed E-state index contributed by atoms with van der Waals surface area (Å²) in [5, 5.41) is 12.2. The van der Waals surface area contributed by atoms with Crippen molar-refractivity contribution in [2.45, 2.75) is 158 Å². The van der Waals surface area contributed by atoms with Crippen molar-refractivity contribution in [1.82, 2.24) is 58.6 Å². The fraction of sp³-hybridized carbons (Fsp3) is 0.673. The standard InChI is InChI=1S/C49H73N15O21P4S3/c1-4-6-7-8-9-10-11-12-13-30(65)74-17-18-92-87(69,70)85-39-38-48(64-27-61-33-42(52)55-24-58-45(33)64)82-49(39,14-16-75-38)21-79-89(72,91)83-36-34(66)28(80-46(36)62-25-59-31-40(50)53-22-56-43(31)62)19-78-88(71,90)84-37-35(73-3)29(20-77-86(67,68)76-15-5-2)81-47(37)63-26-60-32-41(51)54-23-57-44(32)63/h22-29,34-39,46-48,66H,4-21H2,1-3H3,(H,67,68)(H,69,70)(H,71,90)(H,72,91)(H2,50,53,56)(H2,51,54,57)(H2,52,55,58)/t28-,29-,34?,35?,36+,37+,38+,39?,46-,47-,48-,49+,88?,89?/m1/s1. The van der Waals surface area contributed by atoms with Crippen molar-refractivity contribution in [3.63, 3.8) is 0 Å². The van der Waals surface area contributed by atoms with Gasteiger partial charge in [0.05, 0.1) is 52.0 Å². The summed E-state index contributed by atoms with van der Waals surface area (Å²) in [5.41, 5.74) is 17.6. The number of unbranched alkanes of at least 4 members (excludes halogenated alkanes) is 7. The van der Waals surface area contributed by atoms with Gasteiger partial charge >= 0.3 is 34.0 Å². The average Bonchev–Trinajstić information content (AvgIpc) is 1.58. The summed E-state index contributed by atoms with van der Waals surface area (Å²) in [7, 11) is -3.31. The molecule has 4 saturated heterocycles. The van der Waals surface area contributed by atoms with Gasteiger partial charge in [-0.05, 0) is 47.8 Å². The molecule has 508 valence electrons. The van der Waals surface area contributed by atoms with Gasteiger partial charge in [-0.15, -0.1) is 0 Å². The number of nitrogens with two attached hydrogens (primary N) is 3. The van der Waals surface area contributed by atoms with E-state index in [1.54, 1.807) is 6.92 Å². The molecule has 4 fully saturated rings. The topological polar surface area (TPSA) is 481 Å². The smallest absolute Gasteiger partial charge is 0.465 e. The third kappa shape index (κ3) is 16.5. The van der Waals surface area contributed by atoms with Crippen LogP contribution in [0.4, 0.5) is 17.5 Å². The number of nitrogen functional groups attached to an aromatic ring is 3. The zero-order valence-electron chi connectivity index (χ0n) is 49.9. The summed E-state index contributed by atoms with van der Waals surface area (Å²) >= 11 is 11.8. The van der Waals surface area contributed by atoms with E-state index in [4.69, 9.17) is 101 Å². The third-order valence-electron chi connectivity index (χ3n) is 15.5. The van der Waals surface area contributed by atoms with Gasteiger partial charge in [-0.3, -0.25) is 41.1 Å². The van der Waals surface area contributed by atoms with Crippen LogP contribution in [-0.4, -0.2) is 196 Å². The number of fused-ring (bicyclic) bond motifs is 5. The molecular formula is C49H73N15O21P4S3. The van der Waals surface area contributed by atoms with Gasteiger partial charge in [0.2, 0.25) is 0 Å². The Kier molecular flexibility index (Phi) is 23.5. The Hall–Kier alpha value is -4.05. The normalized spacial score (nSPS) is 28.4. The molecular weight excluding hydrogens is 1350 g/mol. The molecule has 4 aliphatic rings. The molecule has 43 heteroatoms. The first-order valence-electron chi connectivity index (χ1n) is 29.3. The molecule has 0 saturated carbocycles. The van der Waals surface area contributed by atoms with Gasteiger partial charge in [0.25, 0.3) is 0 Å². The number of anilines is 3. The highest BCUT2D eigenvalue weighted by molar-refractivity contribution is 8.54. The molecule has 16 atom stereocenters. The minimum atomic E-state index is -4.68. The molecule has 2 bridgehead atoms. The highest BCUT2D eigenvalue weighted by atomic mass is 32.7. The lowest BCUT2D eigenvalue weighted by Gasteiger charge is -2.39. The number of methoxy groups -OCH3 is 1. The largest absolute Gasteiger partial charge is 0.472 e. The van der Waals surface area contributed by atoms with Crippen LogP contribution < -0.4 is 17.2 Å². The van der Waals surface area contributed by atoms with E-state index in [1.165, 1.54) is 65.3 Å². The van der Waals surface area contributed by atoms with Crippen molar-refractivity contribution in [2.75, 3.05) is 69.7 Å². The molecule has 4 aliphatic heterocycles. The Labute approximate surface area is 539 Å². The second-order valence-corrected chi connectivity index (χ2v) is 32.8. The summed E-state index contributed by atoms with van der Waals surface area (Å²) in [6.07, 6.45) is 0.948. The number of esters is 1. The lowest BCUT2D eigenvalue weighted by molar-refractivity contribution is -0.143. The molecule has 11 N–H and O–H groups in total. The van der Waals surface area contributed by atoms with Crippen LogP contribution in [0, 0.1) is 0 Å². The number of phosphoric acid groups is 1.